The maximum absolute atomic E-state index is 14.3. The molecule has 0 aliphatic carbocycles. The first-order chi connectivity index (χ1) is 18.1. The first-order valence-electron chi connectivity index (χ1n) is 12.8. The first kappa shape index (κ1) is 23.4. The number of para-hydroxylation sites is 1. The van der Waals surface area contributed by atoms with Gasteiger partial charge in [0, 0.05) is 44.0 Å². The van der Waals surface area contributed by atoms with Gasteiger partial charge >= 0.3 is 0 Å². The van der Waals surface area contributed by atoms with Crippen LogP contribution in [-0.4, -0.2) is 68.6 Å². The summed E-state index contributed by atoms with van der Waals surface area (Å²) in [4.78, 5) is 34.1. The molecule has 1 fully saturated rings. The Balaban J connectivity index is 1.38. The quantitative estimate of drug-likeness (QED) is 0.547. The van der Waals surface area contributed by atoms with E-state index in [2.05, 4.69) is 17.0 Å². The van der Waals surface area contributed by atoms with Gasteiger partial charge in [0.25, 0.3) is 5.91 Å². The van der Waals surface area contributed by atoms with Crippen molar-refractivity contribution in [3.8, 4) is 11.5 Å². The van der Waals surface area contributed by atoms with Gasteiger partial charge in [0.15, 0.2) is 11.5 Å². The van der Waals surface area contributed by atoms with Gasteiger partial charge in [-0.3, -0.25) is 9.59 Å². The van der Waals surface area contributed by atoms with Crippen LogP contribution in [0.15, 0.2) is 66.7 Å². The van der Waals surface area contributed by atoms with E-state index in [1.807, 2.05) is 64.4 Å². The number of methoxy groups -OCH3 is 2. The fraction of sp³-hybridized carbons (Fsp3) is 0.333. The van der Waals surface area contributed by atoms with Crippen molar-refractivity contribution in [1.29, 1.82) is 0 Å². The van der Waals surface area contributed by atoms with Gasteiger partial charge < -0.3 is 24.2 Å². The number of piperazine rings is 1. The number of carbonyl (C=O) groups is 2. The van der Waals surface area contributed by atoms with Crippen LogP contribution in [0.4, 0.5) is 5.69 Å². The van der Waals surface area contributed by atoms with E-state index >= 15 is 0 Å². The first-order valence-corrected chi connectivity index (χ1v) is 12.8. The summed E-state index contributed by atoms with van der Waals surface area (Å²) in [5, 5.41) is 0. The molecule has 1 saturated heterocycles. The minimum atomic E-state index is -0.477. The largest absolute Gasteiger partial charge is 0.493 e. The number of hydrogen-bond acceptors (Lipinski definition) is 5. The van der Waals surface area contributed by atoms with Crippen molar-refractivity contribution in [3.05, 3.63) is 89.0 Å². The highest BCUT2D eigenvalue weighted by Crippen LogP contribution is 2.48. The SMILES string of the molecule is COc1cc2c(cc1OC)[C@@H]1[C@@H](C(=O)N3CCN(c4ccccc4)CC3)c3ccccc3C(=O)N1CC2. The Bertz CT molecular complexity index is 1330. The molecule has 0 spiro atoms. The third-order valence-corrected chi connectivity index (χ3v) is 8.00. The predicted octanol–water partition coefficient (Wildman–Crippen LogP) is 3.89. The average molecular weight is 498 g/mol. The molecule has 6 rings (SSSR count). The van der Waals surface area contributed by atoms with Crippen LogP contribution in [0, 0.1) is 0 Å². The van der Waals surface area contributed by atoms with E-state index in [-0.39, 0.29) is 17.9 Å². The second-order valence-corrected chi connectivity index (χ2v) is 9.81. The van der Waals surface area contributed by atoms with Crippen LogP contribution in [0.2, 0.25) is 0 Å². The highest BCUT2D eigenvalue weighted by molar-refractivity contribution is 6.01. The van der Waals surface area contributed by atoms with Crippen LogP contribution in [0.5, 0.6) is 11.5 Å². The molecule has 190 valence electrons. The molecule has 0 unspecified atom stereocenters. The summed E-state index contributed by atoms with van der Waals surface area (Å²) in [5.74, 6) is 0.854. The normalized spacial score (nSPS) is 20.6. The van der Waals surface area contributed by atoms with Crippen molar-refractivity contribution in [2.75, 3.05) is 51.8 Å². The molecule has 37 heavy (non-hydrogen) atoms. The third kappa shape index (κ3) is 3.89. The van der Waals surface area contributed by atoms with Crippen LogP contribution in [0.25, 0.3) is 0 Å². The Kier molecular flexibility index (Phi) is 5.99. The number of benzene rings is 3. The minimum Gasteiger partial charge on any atom is -0.493 e. The topological polar surface area (TPSA) is 62.3 Å². The molecular weight excluding hydrogens is 466 g/mol. The van der Waals surface area contributed by atoms with Gasteiger partial charge in [-0.2, -0.15) is 0 Å². The molecule has 7 nitrogen and oxygen atoms in total. The van der Waals surface area contributed by atoms with E-state index in [9.17, 15) is 9.59 Å². The van der Waals surface area contributed by atoms with Crippen molar-refractivity contribution in [2.45, 2.75) is 18.4 Å². The molecule has 3 aliphatic heterocycles. The lowest BCUT2D eigenvalue weighted by atomic mass is 9.75. The molecular formula is C30H31N3O4. The summed E-state index contributed by atoms with van der Waals surface area (Å²) in [6.45, 7) is 3.40. The lowest BCUT2D eigenvalue weighted by Crippen LogP contribution is -2.54. The highest BCUT2D eigenvalue weighted by atomic mass is 16.5. The van der Waals surface area contributed by atoms with Gasteiger partial charge in [-0.1, -0.05) is 36.4 Å². The Morgan fingerprint density at radius 2 is 1.49 bits per heavy atom. The zero-order valence-corrected chi connectivity index (χ0v) is 21.2. The second kappa shape index (κ2) is 9.47. The van der Waals surface area contributed by atoms with Crippen LogP contribution in [0.3, 0.4) is 0 Å². The van der Waals surface area contributed by atoms with Gasteiger partial charge in [0.1, 0.15) is 0 Å². The van der Waals surface area contributed by atoms with Crippen molar-refractivity contribution >= 4 is 17.5 Å². The van der Waals surface area contributed by atoms with Gasteiger partial charge in [0.2, 0.25) is 5.91 Å². The van der Waals surface area contributed by atoms with Crippen molar-refractivity contribution in [1.82, 2.24) is 9.80 Å². The third-order valence-electron chi connectivity index (χ3n) is 8.00. The van der Waals surface area contributed by atoms with Crippen LogP contribution >= 0.6 is 0 Å². The Morgan fingerprint density at radius 1 is 0.811 bits per heavy atom. The summed E-state index contributed by atoms with van der Waals surface area (Å²) >= 11 is 0. The van der Waals surface area contributed by atoms with E-state index in [1.54, 1.807) is 14.2 Å². The second-order valence-electron chi connectivity index (χ2n) is 9.81. The lowest BCUT2D eigenvalue weighted by molar-refractivity contribution is -0.135. The zero-order chi connectivity index (χ0) is 25.5. The highest BCUT2D eigenvalue weighted by Gasteiger charge is 2.48. The standard InChI is InChI=1S/C30H31N3O4/c1-36-25-18-20-12-13-33-28(24(20)19-26(25)37-2)27(22-10-6-7-11-23(22)29(33)34)30(35)32-16-14-31(15-17-32)21-8-4-3-5-9-21/h3-11,18-19,27-28H,12-17H2,1-2H3/t27-,28+/m0/s1. The number of hydrogen-bond donors (Lipinski definition) is 0. The van der Waals surface area contributed by atoms with Crippen LogP contribution < -0.4 is 14.4 Å². The maximum Gasteiger partial charge on any atom is 0.254 e. The summed E-state index contributed by atoms with van der Waals surface area (Å²) in [6.07, 6.45) is 0.705. The Morgan fingerprint density at radius 3 is 2.22 bits per heavy atom. The monoisotopic (exact) mass is 497 g/mol. The summed E-state index contributed by atoms with van der Waals surface area (Å²) in [7, 11) is 3.24. The average Bonchev–Trinajstić information content (AvgIpc) is 2.96. The number of fused-ring (bicyclic) bond motifs is 4. The Labute approximate surface area is 217 Å². The number of amides is 2. The van der Waals surface area contributed by atoms with Gasteiger partial charge in [-0.15, -0.1) is 0 Å². The molecule has 0 bridgehead atoms. The van der Waals surface area contributed by atoms with Crippen LogP contribution in [-0.2, 0) is 11.2 Å². The van der Waals surface area contributed by atoms with E-state index < -0.39 is 5.92 Å². The number of carbonyl (C=O) groups excluding carboxylic acids is 2. The smallest absolute Gasteiger partial charge is 0.254 e. The van der Waals surface area contributed by atoms with Crippen LogP contribution in [0.1, 0.15) is 39.0 Å². The van der Waals surface area contributed by atoms with Gasteiger partial charge in [-0.25, -0.2) is 0 Å². The number of rotatable bonds is 4. The van der Waals surface area contributed by atoms with Crippen molar-refractivity contribution in [3.63, 3.8) is 0 Å². The molecule has 3 aliphatic rings. The van der Waals surface area contributed by atoms with Crippen molar-refractivity contribution < 1.29 is 19.1 Å². The molecule has 0 saturated carbocycles. The number of ether oxygens (including phenoxy) is 2. The van der Waals surface area contributed by atoms with E-state index in [0.29, 0.717) is 43.1 Å². The molecule has 3 aromatic rings. The van der Waals surface area contributed by atoms with Gasteiger partial charge in [0.05, 0.1) is 26.2 Å². The lowest BCUT2D eigenvalue weighted by Gasteiger charge is -2.47. The molecule has 3 aromatic carbocycles. The number of anilines is 1. The molecule has 7 heteroatoms. The Hall–Kier alpha value is -4.00. The molecule has 0 radical (unpaired) electrons. The maximum atomic E-state index is 14.3. The van der Waals surface area contributed by atoms with E-state index in [1.165, 1.54) is 5.69 Å². The molecule has 0 N–H and O–H groups in total. The predicted molar refractivity (Wildman–Crippen MR) is 141 cm³/mol. The molecule has 3 heterocycles. The van der Waals surface area contributed by atoms with Gasteiger partial charge in [-0.05, 0) is 53.4 Å². The summed E-state index contributed by atoms with van der Waals surface area (Å²) < 4.78 is 11.2. The minimum absolute atomic E-state index is 0.0148. The number of nitrogens with zero attached hydrogens (tertiary/aromatic N) is 3. The van der Waals surface area contributed by atoms with E-state index in [4.69, 9.17) is 9.47 Å². The van der Waals surface area contributed by atoms with E-state index in [0.717, 1.165) is 29.8 Å². The molecule has 2 atom stereocenters. The summed E-state index contributed by atoms with van der Waals surface area (Å²) in [6, 6.07) is 21.5. The molecule has 2 amide bonds. The fourth-order valence-electron chi connectivity index (χ4n) is 6.14. The van der Waals surface area contributed by atoms with Crippen molar-refractivity contribution in [2.24, 2.45) is 0 Å². The molecule has 0 aromatic heterocycles. The fourth-order valence-corrected chi connectivity index (χ4v) is 6.14. The summed E-state index contributed by atoms with van der Waals surface area (Å²) in [5.41, 5.74) is 4.68. The zero-order valence-electron chi connectivity index (χ0n) is 21.2.